The number of halogens is 1. The number of fused-ring (bicyclic) bond motifs is 1. The molecule has 0 saturated heterocycles. The highest BCUT2D eigenvalue weighted by Gasteiger charge is 2.14. The van der Waals surface area contributed by atoms with Crippen molar-refractivity contribution in [3.8, 4) is 0 Å². The van der Waals surface area contributed by atoms with Gasteiger partial charge in [-0.05, 0) is 44.0 Å². The van der Waals surface area contributed by atoms with Gasteiger partial charge in [-0.3, -0.25) is 9.36 Å². The van der Waals surface area contributed by atoms with Gasteiger partial charge in [0, 0.05) is 9.35 Å². The first-order valence-electron chi connectivity index (χ1n) is 6.69. The lowest BCUT2D eigenvalue weighted by atomic mass is 10.2. The fraction of sp³-hybridized carbons (Fsp3) is 0.250. The van der Waals surface area contributed by atoms with Crippen molar-refractivity contribution in [2.24, 2.45) is 0 Å². The maximum atomic E-state index is 12.8. The van der Waals surface area contributed by atoms with Crippen LogP contribution in [0.1, 0.15) is 21.8 Å². The van der Waals surface area contributed by atoms with E-state index in [4.69, 9.17) is 0 Å². The maximum absolute atomic E-state index is 12.8. The van der Waals surface area contributed by atoms with E-state index in [1.54, 1.807) is 15.9 Å². The predicted octanol–water partition coefficient (Wildman–Crippen LogP) is 4.19. The molecule has 0 aliphatic rings. The third kappa shape index (κ3) is 2.56. The summed E-state index contributed by atoms with van der Waals surface area (Å²) in [5, 5.41) is 0.762. The van der Waals surface area contributed by atoms with E-state index in [1.807, 2.05) is 45.0 Å². The third-order valence-corrected chi connectivity index (χ3v) is 5.30. The van der Waals surface area contributed by atoms with Gasteiger partial charge in [-0.1, -0.05) is 28.1 Å². The van der Waals surface area contributed by atoms with Gasteiger partial charge in [-0.2, -0.15) is 0 Å². The minimum Gasteiger partial charge on any atom is -0.292 e. The molecule has 3 aromatic rings. The van der Waals surface area contributed by atoms with E-state index in [9.17, 15) is 4.79 Å². The molecule has 3 rings (SSSR count). The summed E-state index contributed by atoms with van der Waals surface area (Å²) >= 11 is 5.06. The first-order valence-corrected chi connectivity index (χ1v) is 8.30. The van der Waals surface area contributed by atoms with Crippen LogP contribution in [0.3, 0.4) is 0 Å². The van der Waals surface area contributed by atoms with E-state index in [2.05, 4.69) is 20.9 Å². The summed E-state index contributed by atoms with van der Waals surface area (Å²) in [5.41, 5.74) is 2.19. The van der Waals surface area contributed by atoms with Gasteiger partial charge in [0.15, 0.2) is 0 Å². The van der Waals surface area contributed by atoms with Crippen LogP contribution in [-0.2, 0) is 6.54 Å². The van der Waals surface area contributed by atoms with Gasteiger partial charge in [-0.25, -0.2) is 4.98 Å². The molecule has 1 aromatic carbocycles. The molecule has 2 heterocycles. The highest BCUT2D eigenvalue weighted by Crippen LogP contribution is 2.26. The number of thiophene rings is 1. The van der Waals surface area contributed by atoms with E-state index < -0.39 is 0 Å². The van der Waals surface area contributed by atoms with Crippen LogP contribution in [0.2, 0.25) is 0 Å². The Bertz CT molecular complexity index is 895. The minimum atomic E-state index is 0.0549. The van der Waals surface area contributed by atoms with Crippen LogP contribution in [0, 0.1) is 20.8 Å². The van der Waals surface area contributed by atoms with Crippen LogP contribution in [0.4, 0.5) is 0 Å². The summed E-state index contributed by atoms with van der Waals surface area (Å²) in [7, 11) is 0. The monoisotopic (exact) mass is 362 g/mol. The van der Waals surface area contributed by atoms with Gasteiger partial charge >= 0.3 is 0 Å². The molecule has 0 spiro atoms. The molecular formula is C16H15BrN2OS. The summed E-state index contributed by atoms with van der Waals surface area (Å²) in [5.74, 6) is 0.758. The second kappa shape index (κ2) is 5.39. The van der Waals surface area contributed by atoms with Crippen LogP contribution >= 0.6 is 27.3 Å². The Morgan fingerprint density at radius 2 is 2.05 bits per heavy atom. The molecule has 0 radical (unpaired) electrons. The van der Waals surface area contributed by atoms with Gasteiger partial charge < -0.3 is 0 Å². The number of aromatic nitrogens is 2. The predicted molar refractivity (Wildman–Crippen MR) is 91.3 cm³/mol. The largest absolute Gasteiger partial charge is 0.292 e. The summed E-state index contributed by atoms with van der Waals surface area (Å²) in [6.07, 6.45) is 0. The van der Waals surface area contributed by atoms with Gasteiger partial charge in [0.1, 0.15) is 10.7 Å². The summed E-state index contributed by atoms with van der Waals surface area (Å²) in [6, 6.07) is 8.01. The number of nitrogens with zero attached hydrogens (tertiary/aromatic N) is 2. The second-order valence-corrected chi connectivity index (χ2v) is 7.26. The number of benzene rings is 1. The minimum absolute atomic E-state index is 0.0549. The van der Waals surface area contributed by atoms with Crippen molar-refractivity contribution in [3.05, 3.63) is 60.9 Å². The van der Waals surface area contributed by atoms with Crippen molar-refractivity contribution in [3.63, 3.8) is 0 Å². The van der Waals surface area contributed by atoms with Crippen LogP contribution in [0.25, 0.3) is 10.2 Å². The first-order chi connectivity index (χ1) is 9.97. The Morgan fingerprint density at radius 3 is 2.76 bits per heavy atom. The Hall–Kier alpha value is -1.46. The fourth-order valence-electron chi connectivity index (χ4n) is 2.43. The van der Waals surface area contributed by atoms with Crippen LogP contribution in [0.5, 0.6) is 0 Å². The SMILES string of the molecule is Cc1sc2nc(C)n(Cc3cccc(Br)c3)c(=O)c2c1C. The molecular weight excluding hydrogens is 348 g/mol. The highest BCUT2D eigenvalue weighted by atomic mass is 79.9. The molecule has 0 atom stereocenters. The Kier molecular flexibility index (Phi) is 3.71. The van der Waals surface area contributed by atoms with Crippen molar-refractivity contribution >= 4 is 37.5 Å². The quantitative estimate of drug-likeness (QED) is 0.684. The van der Waals surface area contributed by atoms with Gasteiger partial charge in [0.05, 0.1) is 11.9 Å². The fourth-order valence-corrected chi connectivity index (χ4v) is 3.95. The second-order valence-electron chi connectivity index (χ2n) is 5.14. The summed E-state index contributed by atoms with van der Waals surface area (Å²) in [4.78, 5) is 19.4. The van der Waals surface area contributed by atoms with Crippen molar-refractivity contribution in [1.82, 2.24) is 9.55 Å². The van der Waals surface area contributed by atoms with Crippen molar-refractivity contribution in [2.75, 3.05) is 0 Å². The standard InChI is InChI=1S/C16H15BrN2OS/c1-9-10(2)21-15-14(9)16(20)19(11(3)18-15)8-12-5-4-6-13(17)7-12/h4-7H,8H2,1-3H3. The van der Waals surface area contributed by atoms with Crippen molar-refractivity contribution < 1.29 is 0 Å². The lowest BCUT2D eigenvalue weighted by Gasteiger charge is -2.10. The van der Waals surface area contributed by atoms with Gasteiger partial charge in [0.2, 0.25) is 0 Å². The molecule has 108 valence electrons. The number of rotatable bonds is 2. The summed E-state index contributed by atoms with van der Waals surface area (Å²) in [6.45, 7) is 6.47. The average Bonchev–Trinajstić information content (AvgIpc) is 2.70. The molecule has 0 saturated carbocycles. The topological polar surface area (TPSA) is 34.9 Å². The molecule has 5 heteroatoms. The summed E-state index contributed by atoms with van der Waals surface area (Å²) < 4.78 is 2.77. The van der Waals surface area contributed by atoms with Crippen molar-refractivity contribution in [1.29, 1.82) is 0 Å². The van der Waals surface area contributed by atoms with E-state index in [-0.39, 0.29) is 5.56 Å². The molecule has 0 N–H and O–H groups in total. The normalized spacial score (nSPS) is 11.2. The van der Waals surface area contributed by atoms with Gasteiger partial charge in [-0.15, -0.1) is 11.3 Å². The van der Waals surface area contributed by atoms with Crippen LogP contribution in [0.15, 0.2) is 33.5 Å². The van der Waals surface area contributed by atoms with Crippen LogP contribution in [-0.4, -0.2) is 9.55 Å². The lowest BCUT2D eigenvalue weighted by Crippen LogP contribution is -2.24. The Morgan fingerprint density at radius 1 is 1.29 bits per heavy atom. The van der Waals surface area contributed by atoms with E-state index in [0.29, 0.717) is 6.54 Å². The molecule has 21 heavy (non-hydrogen) atoms. The zero-order valence-electron chi connectivity index (χ0n) is 12.1. The van der Waals surface area contributed by atoms with Crippen LogP contribution < -0.4 is 5.56 Å². The molecule has 3 nitrogen and oxygen atoms in total. The van der Waals surface area contributed by atoms with Gasteiger partial charge in [0.25, 0.3) is 5.56 Å². The zero-order valence-corrected chi connectivity index (χ0v) is 14.5. The molecule has 0 amide bonds. The zero-order chi connectivity index (χ0) is 15.1. The number of hydrogen-bond donors (Lipinski definition) is 0. The number of hydrogen-bond acceptors (Lipinski definition) is 3. The molecule has 0 fully saturated rings. The number of aryl methyl sites for hydroxylation is 3. The third-order valence-electron chi connectivity index (χ3n) is 3.71. The smallest absolute Gasteiger partial charge is 0.262 e. The molecule has 0 unspecified atom stereocenters. The van der Waals surface area contributed by atoms with E-state index in [1.165, 1.54) is 0 Å². The first kappa shape index (κ1) is 14.5. The Balaban J connectivity index is 2.19. The maximum Gasteiger partial charge on any atom is 0.262 e. The highest BCUT2D eigenvalue weighted by molar-refractivity contribution is 9.10. The van der Waals surface area contributed by atoms with E-state index >= 15 is 0 Å². The van der Waals surface area contributed by atoms with E-state index in [0.717, 1.165) is 36.5 Å². The molecule has 2 aromatic heterocycles. The molecule has 0 bridgehead atoms. The average molecular weight is 363 g/mol. The molecule has 0 aliphatic carbocycles. The Labute approximate surface area is 135 Å². The molecule has 0 aliphatic heterocycles. The van der Waals surface area contributed by atoms with Crippen molar-refractivity contribution in [2.45, 2.75) is 27.3 Å². The lowest BCUT2D eigenvalue weighted by molar-refractivity contribution is 0.713.